The minimum Gasteiger partial charge on any atom is -0.507 e. The molecule has 0 amide bonds. The van der Waals surface area contributed by atoms with E-state index in [0.29, 0.717) is 5.56 Å². The maximum absolute atomic E-state index is 13.9. The van der Waals surface area contributed by atoms with Gasteiger partial charge in [0.25, 0.3) is 5.69 Å². The Kier molecular flexibility index (Phi) is 9.85. The summed E-state index contributed by atoms with van der Waals surface area (Å²) in [5, 5.41) is 60.2. The number of hydrogen-bond donors (Lipinski definition) is 5. The molecule has 0 aromatic heterocycles. The number of carbonyl (C=O) groups is 3. The van der Waals surface area contributed by atoms with E-state index in [1.165, 1.54) is 31.4 Å². The highest BCUT2D eigenvalue weighted by molar-refractivity contribution is 6.31. The number of nitrogens with one attached hydrogen (secondary N) is 1. The molecule has 6 atom stereocenters. The molecule has 1 fully saturated rings. The molecule has 15 heteroatoms. The molecular formula is C34H35ClN2O12. The number of methoxy groups -OCH3 is 1. The number of hydrogen-bond acceptors (Lipinski definition) is 13. The van der Waals surface area contributed by atoms with Crippen LogP contribution in [0.3, 0.4) is 0 Å². The number of phenols is 2. The van der Waals surface area contributed by atoms with Crippen LogP contribution in [0.25, 0.3) is 0 Å². The third-order valence-corrected chi connectivity index (χ3v) is 9.50. The molecule has 1 saturated heterocycles. The summed E-state index contributed by atoms with van der Waals surface area (Å²) >= 11 is 0. The fraction of sp³-hybridized carbons (Fsp3) is 0.382. The predicted octanol–water partition coefficient (Wildman–Crippen LogP) is 3.19. The van der Waals surface area contributed by atoms with E-state index < -0.39 is 94.0 Å². The van der Waals surface area contributed by atoms with Gasteiger partial charge in [0, 0.05) is 60.2 Å². The van der Waals surface area contributed by atoms with Gasteiger partial charge in [0.05, 0.1) is 47.0 Å². The SMILES string of the molecule is COc1cccc2c1C(=O)c1c(O)c3c(c(O)c1C2=O)CC(O)(C(C)=O)C[C@@H]3OC1CC(NCc2ccccc2[N+](=O)[O-])C(O)C(C)O1.Cl. The van der Waals surface area contributed by atoms with E-state index in [1.807, 2.05) is 0 Å². The summed E-state index contributed by atoms with van der Waals surface area (Å²) in [5.74, 6) is -3.42. The Labute approximate surface area is 286 Å². The fourth-order valence-electron chi connectivity index (χ4n) is 6.91. The van der Waals surface area contributed by atoms with Crippen LogP contribution in [0.15, 0.2) is 42.5 Å². The van der Waals surface area contributed by atoms with E-state index in [0.717, 1.165) is 6.92 Å². The first-order valence-corrected chi connectivity index (χ1v) is 15.3. The standard InChI is InChI=1S/C34H34N2O12.ClH/c1-15-29(38)20(35-14-17-7-4-5-9-21(17)36(44)45)11-24(47-15)48-23-13-34(43,16(2)37)12-19-26(23)33(42)28-27(31(19)40)30(39)18-8-6-10-22(46-3)25(18)32(28)41;/h4-10,15,20,23-24,29,35,38,40,42-43H,11-14H2,1-3H3;1H/t15?,20?,23-,24?,29?,34?;/m0./s1. The average Bonchev–Trinajstić information content (AvgIpc) is 3.05. The lowest BCUT2D eigenvalue weighted by atomic mass is 9.72. The van der Waals surface area contributed by atoms with E-state index in [-0.39, 0.29) is 59.1 Å². The molecule has 260 valence electrons. The molecule has 1 aliphatic heterocycles. The van der Waals surface area contributed by atoms with Gasteiger partial charge < -0.3 is 40.0 Å². The number of nitrogens with zero attached hydrogens (tertiary/aromatic N) is 1. The molecule has 0 spiro atoms. The number of aromatic hydroxyl groups is 2. The number of rotatable bonds is 8. The number of ether oxygens (including phenoxy) is 3. The molecule has 1 heterocycles. The molecular weight excluding hydrogens is 664 g/mol. The zero-order valence-corrected chi connectivity index (χ0v) is 27.5. The summed E-state index contributed by atoms with van der Waals surface area (Å²) in [6, 6.07) is 9.86. The van der Waals surface area contributed by atoms with Crippen LogP contribution in [-0.4, -0.2) is 79.9 Å². The number of benzene rings is 3. The van der Waals surface area contributed by atoms with Gasteiger partial charge in [-0.25, -0.2) is 0 Å². The van der Waals surface area contributed by atoms with Gasteiger partial charge in [-0.05, 0) is 19.9 Å². The highest BCUT2D eigenvalue weighted by Gasteiger charge is 2.49. The van der Waals surface area contributed by atoms with Crippen molar-refractivity contribution in [2.75, 3.05) is 7.11 Å². The van der Waals surface area contributed by atoms with Crippen molar-refractivity contribution < 1.29 is 53.9 Å². The highest BCUT2D eigenvalue weighted by atomic mass is 35.5. The number of phenolic OH excluding ortho intramolecular Hbond substituents is 2. The van der Waals surface area contributed by atoms with Gasteiger partial charge in [0.15, 0.2) is 17.9 Å². The van der Waals surface area contributed by atoms with Crippen molar-refractivity contribution in [3.63, 3.8) is 0 Å². The third kappa shape index (κ3) is 6.05. The maximum Gasteiger partial charge on any atom is 0.273 e. The second kappa shape index (κ2) is 13.5. The van der Waals surface area contributed by atoms with Gasteiger partial charge in [-0.1, -0.05) is 30.3 Å². The van der Waals surface area contributed by atoms with Gasteiger partial charge >= 0.3 is 0 Å². The van der Waals surface area contributed by atoms with Crippen molar-refractivity contribution in [1.29, 1.82) is 0 Å². The molecule has 3 aliphatic rings. The first-order chi connectivity index (χ1) is 22.8. The predicted molar refractivity (Wildman–Crippen MR) is 173 cm³/mol. The summed E-state index contributed by atoms with van der Waals surface area (Å²) in [4.78, 5) is 51.3. The Morgan fingerprint density at radius 1 is 1.08 bits per heavy atom. The largest absolute Gasteiger partial charge is 0.507 e. The number of aliphatic hydroxyl groups excluding tert-OH is 1. The molecule has 0 bridgehead atoms. The molecule has 0 saturated carbocycles. The van der Waals surface area contributed by atoms with Crippen LogP contribution in [0, 0.1) is 10.1 Å². The van der Waals surface area contributed by atoms with Crippen LogP contribution >= 0.6 is 12.4 Å². The Hall–Kier alpha value is -4.44. The number of carbonyl (C=O) groups excluding carboxylic acids is 3. The van der Waals surface area contributed by atoms with Crippen molar-refractivity contribution in [3.8, 4) is 17.2 Å². The van der Waals surface area contributed by atoms with E-state index in [9.17, 15) is 44.9 Å². The highest BCUT2D eigenvalue weighted by Crippen LogP contribution is 2.52. The molecule has 2 aliphatic carbocycles. The molecule has 3 aromatic carbocycles. The van der Waals surface area contributed by atoms with Crippen molar-refractivity contribution >= 4 is 35.4 Å². The second-order valence-electron chi connectivity index (χ2n) is 12.3. The monoisotopic (exact) mass is 698 g/mol. The van der Waals surface area contributed by atoms with Crippen LogP contribution in [0.1, 0.15) is 81.3 Å². The Bertz CT molecular complexity index is 1860. The van der Waals surface area contributed by atoms with Crippen LogP contribution in [0.2, 0.25) is 0 Å². The summed E-state index contributed by atoms with van der Waals surface area (Å²) < 4.78 is 17.5. The minimum atomic E-state index is -2.08. The number of Topliss-reactive ketones (excluding diaryl/α,β-unsaturated/α-hetero) is 1. The van der Waals surface area contributed by atoms with E-state index in [1.54, 1.807) is 25.1 Å². The smallest absolute Gasteiger partial charge is 0.273 e. The lowest BCUT2D eigenvalue weighted by Gasteiger charge is -2.43. The number of fused-ring (bicyclic) bond motifs is 3. The van der Waals surface area contributed by atoms with Crippen LogP contribution in [-0.2, 0) is 27.2 Å². The van der Waals surface area contributed by atoms with Gasteiger partial charge in [0.2, 0.25) is 5.78 Å². The topological polar surface area (TPSA) is 215 Å². The normalized spacial score (nSPS) is 25.8. The van der Waals surface area contributed by atoms with Crippen LogP contribution < -0.4 is 10.1 Å². The summed E-state index contributed by atoms with van der Waals surface area (Å²) in [6.45, 7) is 2.79. The molecule has 49 heavy (non-hydrogen) atoms. The lowest BCUT2D eigenvalue weighted by molar-refractivity contribution is -0.385. The lowest BCUT2D eigenvalue weighted by Crippen LogP contribution is -2.54. The first kappa shape index (κ1) is 35.9. The van der Waals surface area contributed by atoms with Crippen LogP contribution in [0.4, 0.5) is 5.69 Å². The van der Waals surface area contributed by atoms with Gasteiger partial charge in [0.1, 0.15) is 22.8 Å². The first-order valence-electron chi connectivity index (χ1n) is 15.3. The number of para-hydroxylation sites is 1. The average molecular weight is 699 g/mol. The Morgan fingerprint density at radius 3 is 2.45 bits per heavy atom. The molecule has 3 aromatic rings. The number of ketones is 3. The molecule has 14 nitrogen and oxygen atoms in total. The minimum absolute atomic E-state index is 0. The number of halogens is 1. The van der Waals surface area contributed by atoms with Gasteiger partial charge in [-0.3, -0.25) is 24.5 Å². The molecule has 6 rings (SSSR count). The quantitative estimate of drug-likeness (QED) is 0.102. The molecule has 5 unspecified atom stereocenters. The Balaban J connectivity index is 0.00000468. The second-order valence-corrected chi connectivity index (χ2v) is 12.3. The summed E-state index contributed by atoms with van der Waals surface area (Å²) in [5.41, 5.74) is -3.08. The van der Waals surface area contributed by atoms with Gasteiger partial charge in [-0.2, -0.15) is 0 Å². The molecule has 0 radical (unpaired) electrons. The molecule has 5 N–H and O–H groups in total. The fourth-order valence-corrected chi connectivity index (χ4v) is 6.91. The Morgan fingerprint density at radius 2 is 1.78 bits per heavy atom. The summed E-state index contributed by atoms with van der Waals surface area (Å²) in [7, 11) is 1.32. The van der Waals surface area contributed by atoms with Crippen molar-refractivity contribution in [3.05, 3.63) is 91.5 Å². The maximum atomic E-state index is 13.9. The van der Waals surface area contributed by atoms with Gasteiger partial charge in [-0.15, -0.1) is 12.4 Å². The van der Waals surface area contributed by atoms with E-state index in [4.69, 9.17) is 14.2 Å². The zero-order chi connectivity index (χ0) is 34.7. The van der Waals surface area contributed by atoms with Crippen molar-refractivity contribution in [2.24, 2.45) is 0 Å². The number of nitro benzene ring substituents is 1. The summed E-state index contributed by atoms with van der Waals surface area (Å²) in [6.07, 6.45) is -5.18. The third-order valence-electron chi connectivity index (χ3n) is 9.50. The number of aliphatic hydroxyl groups is 2. The zero-order valence-electron chi connectivity index (χ0n) is 26.7. The number of nitro groups is 1. The van der Waals surface area contributed by atoms with E-state index in [2.05, 4.69) is 5.32 Å². The van der Waals surface area contributed by atoms with E-state index >= 15 is 0 Å². The van der Waals surface area contributed by atoms with Crippen LogP contribution in [0.5, 0.6) is 17.2 Å². The van der Waals surface area contributed by atoms with Crippen molar-refractivity contribution in [2.45, 2.75) is 75.9 Å². The van der Waals surface area contributed by atoms with Crippen molar-refractivity contribution in [1.82, 2.24) is 5.32 Å².